The summed E-state index contributed by atoms with van der Waals surface area (Å²) in [5.41, 5.74) is 2.24. The maximum absolute atomic E-state index is 12.2. The van der Waals surface area contributed by atoms with Crippen molar-refractivity contribution in [1.82, 2.24) is 9.97 Å². The minimum Gasteiger partial charge on any atom is -0.492 e. The fourth-order valence-electron chi connectivity index (χ4n) is 2.82. The number of rotatable bonds is 6. The maximum atomic E-state index is 12.2. The second-order valence-corrected chi connectivity index (χ2v) is 6.73. The smallest absolute Gasteiger partial charge is 0.254 e. The number of carbonyl (C=O) groups excluding carboxylic acids is 1. The average Bonchev–Trinajstić information content (AvgIpc) is 2.62. The molecule has 6 nitrogen and oxygen atoms in total. The number of nitrogens with one attached hydrogen (secondary N) is 2. The third-order valence-electron chi connectivity index (χ3n) is 3.97. The van der Waals surface area contributed by atoms with Gasteiger partial charge in [0.05, 0.1) is 23.7 Å². The summed E-state index contributed by atoms with van der Waals surface area (Å²) < 4.78 is 5.50. The van der Waals surface area contributed by atoms with Crippen molar-refractivity contribution in [3.05, 3.63) is 45.9 Å². The van der Waals surface area contributed by atoms with Crippen LogP contribution in [0.5, 0.6) is 5.75 Å². The van der Waals surface area contributed by atoms with Crippen LogP contribution in [-0.4, -0.2) is 28.2 Å². The number of thioether (sulfide) groups is 1. The van der Waals surface area contributed by atoms with E-state index in [2.05, 4.69) is 15.3 Å². The highest BCUT2D eigenvalue weighted by molar-refractivity contribution is 7.99. The molecule has 1 heterocycles. The minimum absolute atomic E-state index is 0.0747. The van der Waals surface area contributed by atoms with Gasteiger partial charge in [-0.2, -0.15) is 0 Å². The van der Waals surface area contributed by atoms with E-state index in [1.165, 1.54) is 11.8 Å². The summed E-state index contributed by atoms with van der Waals surface area (Å²) >= 11 is 1.23. The van der Waals surface area contributed by atoms with Crippen molar-refractivity contribution >= 4 is 23.4 Å². The van der Waals surface area contributed by atoms with Gasteiger partial charge in [0.2, 0.25) is 5.91 Å². The molecular formula is C18H21N3O3S. The van der Waals surface area contributed by atoms with Crippen molar-refractivity contribution in [2.24, 2.45) is 0 Å². The Labute approximate surface area is 150 Å². The molecule has 1 aliphatic rings. The van der Waals surface area contributed by atoms with Crippen LogP contribution in [0.3, 0.4) is 0 Å². The van der Waals surface area contributed by atoms with Gasteiger partial charge in [-0.05, 0) is 44.7 Å². The van der Waals surface area contributed by atoms with Gasteiger partial charge < -0.3 is 15.0 Å². The van der Waals surface area contributed by atoms with Gasteiger partial charge in [0, 0.05) is 5.56 Å². The topological polar surface area (TPSA) is 84.1 Å². The molecule has 0 saturated heterocycles. The molecule has 0 aliphatic heterocycles. The number of hydrogen-bond acceptors (Lipinski definition) is 5. The summed E-state index contributed by atoms with van der Waals surface area (Å²) in [6.45, 7) is 2.43. The summed E-state index contributed by atoms with van der Waals surface area (Å²) in [7, 11) is 0. The number of aromatic nitrogens is 2. The van der Waals surface area contributed by atoms with Gasteiger partial charge in [-0.3, -0.25) is 9.59 Å². The van der Waals surface area contributed by atoms with Gasteiger partial charge in [-0.1, -0.05) is 23.9 Å². The number of carbonyl (C=O) groups is 1. The molecule has 0 atom stereocenters. The van der Waals surface area contributed by atoms with E-state index in [0.29, 0.717) is 23.2 Å². The van der Waals surface area contributed by atoms with Crippen LogP contribution in [0.25, 0.3) is 0 Å². The van der Waals surface area contributed by atoms with Crippen molar-refractivity contribution in [1.29, 1.82) is 0 Å². The number of para-hydroxylation sites is 2. The quantitative estimate of drug-likeness (QED) is 0.612. The van der Waals surface area contributed by atoms with Crippen LogP contribution in [0.1, 0.15) is 31.0 Å². The second-order valence-electron chi connectivity index (χ2n) is 5.77. The number of fused-ring (bicyclic) bond motifs is 1. The van der Waals surface area contributed by atoms with Crippen molar-refractivity contribution < 1.29 is 9.53 Å². The average molecular weight is 359 g/mol. The van der Waals surface area contributed by atoms with Crippen LogP contribution in [0, 0.1) is 0 Å². The second kappa shape index (κ2) is 8.20. The van der Waals surface area contributed by atoms with E-state index >= 15 is 0 Å². The Hall–Kier alpha value is -2.28. The van der Waals surface area contributed by atoms with E-state index in [0.717, 1.165) is 36.9 Å². The molecule has 1 aromatic carbocycles. The molecule has 7 heteroatoms. The molecule has 1 aliphatic carbocycles. The lowest BCUT2D eigenvalue weighted by Gasteiger charge is -2.14. The molecule has 0 spiro atoms. The standard InChI is InChI=1S/C18H21N3O3S/c1-2-24-15-10-6-5-9-14(15)19-16(22)11-25-18-20-13-8-4-3-7-12(13)17(23)21-18/h5-6,9-10H,2-4,7-8,11H2,1H3,(H,19,22)(H,20,21,23). The van der Waals surface area contributed by atoms with Crippen molar-refractivity contribution in [2.75, 3.05) is 17.7 Å². The Morgan fingerprint density at radius 2 is 2.12 bits per heavy atom. The Kier molecular flexibility index (Phi) is 5.75. The normalized spacial score (nSPS) is 13.2. The number of benzene rings is 1. The summed E-state index contributed by atoms with van der Waals surface area (Å²) in [5, 5.41) is 3.34. The summed E-state index contributed by atoms with van der Waals surface area (Å²) in [5.74, 6) is 0.642. The molecule has 0 fully saturated rings. The van der Waals surface area contributed by atoms with E-state index in [1.807, 2.05) is 25.1 Å². The van der Waals surface area contributed by atoms with Crippen molar-refractivity contribution in [2.45, 2.75) is 37.8 Å². The SMILES string of the molecule is CCOc1ccccc1NC(=O)CSc1nc2c(c(=O)[nH]1)CCCC2. The summed E-state index contributed by atoms with van der Waals surface area (Å²) in [6.07, 6.45) is 3.71. The maximum Gasteiger partial charge on any atom is 0.254 e. The lowest BCUT2D eigenvalue weighted by atomic mass is 9.97. The van der Waals surface area contributed by atoms with E-state index < -0.39 is 0 Å². The molecule has 25 heavy (non-hydrogen) atoms. The zero-order valence-corrected chi connectivity index (χ0v) is 14.9. The number of aromatic amines is 1. The molecule has 0 saturated carbocycles. The molecule has 0 radical (unpaired) electrons. The highest BCUT2D eigenvalue weighted by Gasteiger charge is 2.16. The Morgan fingerprint density at radius 1 is 1.32 bits per heavy atom. The molecule has 2 aromatic rings. The third kappa shape index (κ3) is 4.42. The van der Waals surface area contributed by atoms with E-state index in [4.69, 9.17) is 4.74 Å². The zero-order valence-electron chi connectivity index (χ0n) is 14.1. The van der Waals surface area contributed by atoms with Crippen molar-refractivity contribution in [3.8, 4) is 5.75 Å². The fourth-order valence-corrected chi connectivity index (χ4v) is 3.50. The van der Waals surface area contributed by atoms with Crippen LogP contribution in [-0.2, 0) is 17.6 Å². The molecule has 132 valence electrons. The third-order valence-corrected chi connectivity index (χ3v) is 4.84. The first-order valence-corrected chi connectivity index (χ1v) is 9.42. The number of aryl methyl sites for hydroxylation is 1. The number of H-pyrrole nitrogens is 1. The summed E-state index contributed by atoms with van der Waals surface area (Å²) in [4.78, 5) is 31.6. The van der Waals surface area contributed by atoms with Gasteiger partial charge in [0.25, 0.3) is 5.56 Å². The number of nitrogens with zero attached hydrogens (tertiary/aromatic N) is 1. The van der Waals surface area contributed by atoms with Gasteiger partial charge in [-0.25, -0.2) is 4.98 Å². The van der Waals surface area contributed by atoms with E-state index in [-0.39, 0.29) is 17.2 Å². The first kappa shape index (κ1) is 17.5. The highest BCUT2D eigenvalue weighted by Crippen LogP contribution is 2.24. The van der Waals surface area contributed by atoms with E-state index in [9.17, 15) is 9.59 Å². The predicted octanol–water partition coefficient (Wildman–Crippen LogP) is 2.78. The predicted molar refractivity (Wildman–Crippen MR) is 98.5 cm³/mol. The van der Waals surface area contributed by atoms with Gasteiger partial charge >= 0.3 is 0 Å². The first-order chi connectivity index (χ1) is 12.2. The molecule has 3 rings (SSSR count). The lowest BCUT2D eigenvalue weighted by molar-refractivity contribution is -0.113. The van der Waals surface area contributed by atoms with Gasteiger partial charge in [0.15, 0.2) is 5.16 Å². The minimum atomic E-state index is -0.169. The molecule has 1 aromatic heterocycles. The monoisotopic (exact) mass is 359 g/mol. The summed E-state index contributed by atoms with van der Waals surface area (Å²) in [6, 6.07) is 7.31. The number of anilines is 1. The first-order valence-electron chi connectivity index (χ1n) is 8.44. The number of hydrogen-bond donors (Lipinski definition) is 2. The molecule has 1 amide bonds. The molecule has 2 N–H and O–H groups in total. The lowest BCUT2D eigenvalue weighted by Crippen LogP contribution is -2.22. The van der Waals surface area contributed by atoms with Gasteiger partial charge in [0.1, 0.15) is 5.75 Å². The van der Waals surface area contributed by atoms with Crippen molar-refractivity contribution in [3.63, 3.8) is 0 Å². The highest BCUT2D eigenvalue weighted by atomic mass is 32.2. The largest absolute Gasteiger partial charge is 0.492 e. The molecule has 0 bridgehead atoms. The van der Waals surface area contributed by atoms with Crippen LogP contribution >= 0.6 is 11.8 Å². The number of amides is 1. The van der Waals surface area contributed by atoms with Crippen LogP contribution in [0.15, 0.2) is 34.2 Å². The fraction of sp³-hybridized carbons (Fsp3) is 0.389. The van der Waals surface area contributed by atoms with Crippen LogP contribution < -0.4 is 15.6 Å². The Bertz CT molecular complexity index is 819. The Balaban J connectivity index is 1.63. The molecule has 0 unspecified atom stereocenters. The van der Waals surface area contributed by atoms with E-state index in [1.54, 1.807) is 6.07 Å². The Morgan fingerprint density at radius 3 is 2.96 bits per heavy atom. The van der Waals surface area contributed by atoms with Gasteiger partial charge in [-0.15, -0.1) is 0 Å². The van der Waals surface area contributed by atoms with Crippen LogP contribution in [0.4, 0.5) is 5.69 Å². The number of ether oxygens (including phenoxy) is 1. The zero-order chi connectivity index (χ0) is 17.6. The van der Waals surface area contributed by atoms with Crippen LogP contribution in [0.2, 0.25) is 0 Å². The molecular weight excluding hydrogens is 338 g/mol.